The third kappa shape index (κ3) is 1.95. The van der Waals surface area contributed by atoms with Crippen LogP contribution in [0.1, 0.15) is 10.5 Å². The monoisotopic (exact) mass is 259 g/mol. The van der Waals surface area contributed by atoms with Gasteiger partial charge in [-0.3, -0.25) is 19.8 Å². The number of hydrogen-bond donors (Lipinski definition) is 1. The lowest BCUT2D eigenvalue weighted by Crippen LogP contribution is -2.12. The second-order valence-corrected chi connectivity index (χ2v) is 4.72. The highest BCUT2D eigenvalue weighted by Crippen LogP contribution is 2.24. The topological polar surface area (TPSA) is 72.7 Å². The number of fused-ring (bicyclic) bond motifs is 1. The molecule has 0 saturated carbocycles. The molecular weight excluding hydrogens is 250 g/mol. The summed E-state index contributed by atoms with van der Waals surface area (Å²) >= 11 is 1.39. The molecule has 0 radical (unpaired) electrons. The Labute approximate surface area is 106 Å². The fraction of sp³-hybridized carbons (Fsp3) is 0.0909. The molecule has 3 heterocycles. The van der Waals surface area contributed by atoms with Crippen molar-refractivity contribution in [1.29, 1.82) is 0 Å². The van der Waals surface area contributed by atoms with E-state index in [1.165, 1.54) is 11.3 Å². The van der Waals surface area contributed by atoms with Gasteiger partial charge >= 0.3 is 0 Å². The van der Waals surface area contributed by atoms with Crippen LogP contribution in [0, 0.1) is 0 Å². The molecule has 0 aliphatic rings. The molecule has 0 fully saturated rings. The minimum Gasteiger partial charge on any atom is -0.296 e. The largest absolute Gasteiger partial charge is 0.296 e. The Kier molecular flexibility index (Phi) is 2.52. The Balaban J connectivity index is 1.86. The van der Waals surface area contributed by atoms with E-state index >= 15 is 0 Å². The van der Waals surface area contributed by atoms with Gasteiger partial charge in [-0.15, -0.1) is 0 Å². The standard InChI is InChI=1S/C11H9N5OS/c1-16-5-3-8(15-16)10(17)14-11-13-7-2-4-12-6-9(7)18-11/h2-6H,1H3,(H,13,14,17). The van der Waals surface area contributed by atoms with Crippen molar-refractivity contribution >= 4 is 32.6 Å². The summed E-state index contributed by atoms with van der Waals surface area (Å²) in [5, 5.41) is 7.31. The molecule has 6 nitrogen and oxygen atoms in total. The number of hydrogen-bond acceptors (Lipinski definition) is 5. The van der Waals surface area contributed by atoms with Crippen LogP contribution >= 0.6 is 11.3 Å². The van der Waals surface area contributed by atoms with Gasteiger partial charge in [-0.2, -0.15) is 5.10 Å². The van der Waals surface area contributed by atoms with Crippen molar-refractivity contribution in [1.82, 2.24) is 19.7 Å². The first-order valence-corrected chi connectivity index (χ1v) is 6.05. The summed E-state index contributed by atoms with van der Waals surface area (Å²) in [5.74, 6) is -0.261. The second kappa shape index (κ2) is 4.19. The highest BCUT2D eigenvalue weighted by atomic mass is 32.1. The zero-order chi connectivity index (χ0) is 12.5. The normalized spacial score (nSPS) is 10.7. The van der Waals surface area contributed by atoms with Crippen molar-refractivity contribution in [3.63, 3.8) is 0 Å². The number of thiazole rings is 1. The number of rotatable bonds is 2. The summed E-state index contributed by atoms with van der Waals surface area (Å²) in [4.78, 5) is 20.2. The van der Waals surface area contributed by atoms with Crippen LogP contribution in [-0.2, 0) is 7.05 Å². The van der Waals surface area contributed by atoms with Crippen LogP contribution in [-0.4, -0.2) is 25.7 Å². The molecular formula is C11H9N5OS. The van der Waals surface area contributed by atoms with Crippen LogP contribution in [0.15, 0.2) is 30.7 Å². The summed E-state index contributed by atoms with van der Waals surface area (Å²) in [5.41, 5.74) is 1.20. The van der Waals surface area contributed by atoms with Crippen LogP contribution in [0.3, 0.4) is 0 Å². The third-order valence-corrected chi connectivity index (χ3v) is 3.28. The summed E-state index contributed by atoms with van der Waals surface area (Å²) in [7, 11) is 1.76. The maximum absolute atomic E-state index is 11.9. The molecule has 0 spiro atoms. The second-order valence-electron chi connectivity index (χ2n) is 3.69. The SMILES string of the molecule is Cn1ccc(C(=O)Nc2nc3ccncc3s2)n1. The van der Waals surface area contributed by atoms with Gasteiger partial charge in [0.15, 0.2) is 10.8 Å². The van der Waals surface area contributed by atoms with Crippen LogP contribution in [0.5, 0.6) is 0 Å². The van der Waals surface area contributed by atoms with Crippen molar-refractivity contribution < 1.29 is 4.79 Å². The van der Waals surface area contributed by atoms with Gasteiger partial charge in [-0.05, 0) is 12.1 Å². The van der Waals surface area contributed by atoms with E-state index in [2.05, 4.69) is 20.4 Å². The van der Waals surface area contributed by atoms with Crippen molar-refractivity contribution in [2.24, 2.45) is 7.05 Å². The molecule has 0 aliphatic heterocycles. The highest BCUT2D eigenvalue weighted by molar-refractivity contribution is 7.22. The summed E-state index contributed by atoms with van der Waals surface area (Å²) in [6.07, 6.45) is 5.12. The molecule has 0 atom stereocenters. The van der Waals surface area contributed by atoms with Crippen molar-refractivity contribution in [2.45, 2.75) is 0 Å². The maximum Gasteiger partial charge on any atom is 0.277 e. The average molecular weight is 259 g/mol. The summed E-state index contributed by atoms with van der Waals surface area (Å²) < 4.78 is 2.52. The molecule has 0 unspecified atom stereocenters. The van der Waals surface area contributed by atoms with Gasteiger partial charge in [0, 0.05) is 25.6 Å². The van der Waals surface area contributed by atoms with Crippen LogP contribution in [0.4, 0.5) is 5.13 Å². The molecule has 18 heavy (non-hydrogen) atoms. The smallest absolute Gasteiger partial charge is 0.277 e. The van der Waals surface area contributed by atoms with E-state index in [0.29, 0.717) is 10.8 Å². The maximum atomic E-state index is 11.9. The predicted molar refractivity (Wildman–Crippen MR) is 68.6 cm³/mol. The van der Waals surface area contributed by atoms with Gasteiger partial charge in [-0.1, -0.05) is 11.3 Å². The molecule has 0 saturated heterocycles. The van der Waals surface area contributed by atoms with Crippen LogP contribution < -0.4 is 5.32 Å². The molecule has 0 aromatic carbocycles. The van der Waals surface area contributed by atoms with E-state index in [1.807, 2.05) is 6.07 Å². The fourth-order valence-corrected chi connectivity index (χ4v) is 2.36. The lowest BCUT2D eigenvalue weighted by molar-refractivity contribution is 0.102. The van der Waals surface area contributed by atoms with Gasteiger partial charge in [0.05, 0.1) is 10.2 Å². The van der Waals surface area contributed by atoms with Crippen molar-refractivity contribution in [3.05, 3.63) is 36.4 Å². The van der Waals surface area contributed by atoms with Gasteiger partial charge in [-0.25, -0.2) is 4.98 Å². The van der Waals surface area contributed by atoms with Gasteiger partial charge < -0.3 is 0 Å². The van der Waals surface area contributed by atoms with Crippen LogP contribution in [0.25, 0.3) is 10.2 Å². The quantitative estimate of drug-likeness (QED) is 0.760. The van der Waals surface area contributed by atoms with Gasteiger partial charge in [0.1, 0.15) is 0 Å². The van der Waals surface area contributed by atoms with Crippen LogP contribution in [0.2, 0.25) is 0 Å². The molecule has 7 heteroatoms. The number of nitrogens with one attached hydrogen (secondary N) is 1. The molecule has 3 aromatic heterocycles. The predicted octanol–water partition coefficient (Wildman–Crippen LogP) is 1.68. The number of aromatic nitrogens is 4. The van der Waals surface area contributed by atoms with E-state index in [0.717, 1.165) is 10.2 Å². The van der Waals surface area contributed by atoms with E-state index in [9.17, 15) is 4.79 Å². The van der Waals surface area contributed by atoms with E-state index in [-0.39, 0.29) is 5.91 Å². The average Bonchev–Trinajstić information content (AvgIpc) is 2.94. The molecule has 0 aliphatic carbocycles. The van der Waals surface area contributed by atoms with E-state index in [4.69, 9.17) is 0 Å². The number of amides is 1. The van der Waals surface area contributed by atoms with Gasteiger partial charge in [0.2, 0.25) is 0 Å². The zero-order valence-corrected chi connectivity index (χ0v) is 10.3. The van der Waals surface area contributed by atoms with E-state index in [1.54, 1.807) is 36.4 Å². The lowest BCUT2D eigenvalue weighted by Gasteiger charge is -1.96. The number of anilines is 1. The number of nitrogens with zero attached hydrogens (tertiary/aromatic N) is 4. The first-order chi connectivity index (χ1) is 8.72. The molecule has 90 valence electrons. The minimum absolute atomic E-state index is 0.261. The first-order valence-electron chi connectivity index (χ1n) is 5.24. The number of aryl methyl sites for hydroxylation is 1. The molecule has 3 rings (SSSR count). The Hall–Kier alpha value is -2.28. The zero-order valence-electron chi connectivity index (χ0n) is 9.49. The number of carbonyl (C=O) groups is 1. The van der Waals surface area contributed by atoms with Gasteiger partial charge in [0.25, 0.3) is 5.91 Å². The lowest BCUT2D eigenvalue weighted by atomic mass is 10.4. The minimum atomic E-state index is -0.261. The molecule has 0 bridgehead atoms. The third-order valence-electron chi connectivity index (χ3n) is 2.36. The molecule has 3 aromatic rings. The van der Waals surface area contributed by atoms with Crippen molar-refractivity contribution in [2.75, 3.05) is 5.32 Å². The number of pyridine rings is 1. The Morgan fingerprint density at radius 3 is 3.06 bits per heavy atom. The first kappa shape index (κ1) is 10.8. The Morgan fingerprint density at radius 2 is 2.33 bits per heavy atom. The Bertz CT molecular complexity index is 684. The molecule has 1 N–H and O–H groups in total. The Morgan fingerprint density at radius 1 is 1.44 bits per heavy atom. The fourth-order valence-electron chi connectivity index (χ4n) is 1.53. The molecule has 1 amide bonds. The summed E-state index contributed by atoms with van der Waals surface area (Å²) in [6, 6.07) is 3.46. The highest BCUT2D eigenvalue weighted by Gasteiger charge is 2.11. The van der Waals surface area contributed by atoms with Crippen molar-refractivity contribution in [3.8, 4) is 0 Å². The summed E-state index contributed by atoms with van der Waals surface area (Å²) in [6.45, 7) is 0. The number of carbonyl (C=O) groups excluding carboxylic acids is 1. The van der Waals surface area contributed by atoms with E-state index < -0.39 is 0 Å².